The third-order valence-corrected chi connectivity index (χ3v) is 4.87. The van der Waals surface area contributed by atoms with E-state index >= 15 is 0 Å². The molecule has 2 aromatic rings. The summed E-state index contributed by atoms with van der Waals surface area (Å²) in [6.45, 7) is 0. The van der Waals surface area contributed by atoms with Gasteiger partial charge in [-0.3, -0.25) is 0 Å². The molecule has 1 nitrogen and oxygen atoms in total. The summed E-state index contributed by atoms with van der Waals surface area (Å²) in [5, 5.41) is 1.13. The van der Waals surface area contributed by atoms with Crippen molar-refractivity contribution >= 4 is 55.1 Å². The molecule has 0 fully saturated rings. The van der Waals surface area contributed by atoms with Crippen molar-refractivity contribution in [1.29, 1.82) is 0 Å². The Labute approximate surface area is 139 Å². The zero-order chi connectivity index (χ0) is 14.0. The Hall–Kier alpha value is -0.0600. The average molecular weight is 424 g/mol. The van der Waals surface area contributed by atoms with Crippen molar-refractivity contribution in [3.05, 3.63) is 66.5 Å². The maximum atomic E-state index is 6.25. The molecular weight excluding hydrogens is 413 g/mol. The molecule has 0 aliphatic rings. The van der Waals surface area contributed by atoms with Crippen LogP contribution in [0.15, 0.2) is 45.3 Å². The quantitative estimate of drug-likeness (QED) is 0.667. The standard InChI is InChI=1S/C14H11Br2Cl2N/c15-9-4-5-10(11(16)7-9)13(19)6-8-2-1-3-12(17)14(8)18/h1-5,7,13H,6,19H2. The first kappa shape index (κ1) is 15.3. The van der Waals surface area contributed by atoms with Crippen LogP contribution in [0.25, 0.3) is 0 Å². The average Bonchev–Trinajstić information content (AvgIpc) is 2.34. The summed E-state index contributed by atoms with van der Waals surface area (Å²) in [4.78, 5) is 0. The van der Waals surface area contributed by atoms with Crippen molar-refractivity contribution in [3.63, 3.8) is 0 Å². The summed E-state index contributed by atoms with van der Waals surface area (Å²) in [6, 6.07) is 11.4. The molecule has 2 N–H and O–H groups in total. The summed E-state index contributed by atoms with van der Waals surface area (Å²) in [6.07, 6.45) is 0.639. The van der Waals surface area contributed by atoms with Gasteiger partial charge in [-0.15, -0.1) is 0 Å². The molecule has 0 aliphatic heterocycles. The second-order valence-electron chi connectivity index (χ2n) is 4.19. The molecule has 0 spiro atoms. The van der Waals surface area contributed by atoms with Crippen LogP contribution in [0, 0.1) is 0 Å². The maximum Gasteiger partial charge on any atom is 0.0624 e. The molecule has 1 unspecified atom stereocenters. The normalized spacial score (nSPS) is 12.5. The van der Waals surface area contributed by atoms with Crippen LogP contribution in [0.2, 0.25) is 10.0 Å². The van der Waals surface area contributed by atoms with Gasteiger partial charge in [-0.2, -0.15) is 0 Å². The first-order chi connectivity index (χ1) is 8.99. The van der Waals surface area contributed by atoms with Crippen LogP contribution in [0.5, 0.6) is 0 Å². The fourth-order valence-electron chi connectivity index (χ4n) is 1.86. The lowest BCUT2D eigenvalue weighted by molar-refractivity contribution is 0.718. The van der Waals surface area contributed by atoms with Gasteiger partial charge in [-0.25, -0.2) is 0 Å². The van der Waals surface area contributed by atoms with Gasteiger partial charge in [0.15, 0.2) is 0 Å². The Kier molecular flexibility index (Phi) is 5.32. The van der Waals surface area contributed by atoms with Crippen molar-refractivity contribution in [2.75, 3.05) is 0 Å². The molecule has 0 aliphatic carbocycles. The predicted octanol–water partition coefficient (Wildman–Crippen LogP) is 5.76. The Morgan fingerprint density at radius 3 is 2.53 bits per heavy atom. The first-order valence-corrected chi connectivity index (χ1v) is 7.96. The molecule has 0 heterocycles. The minimum atomic E-state index is -0.140. The van der Waals surface area contributed by atoms with Gasteiger partial charge in [0.2, 0.25) is 0 Å². The van der Waals surface area contributed by atoms with Gasteiger partial charge in [-0.05, 0) is 35.7 Å². The van der Waals surface area contributed by atoms with Crippen LogP contribution in [0.3, 0.4) is 0 Å². The van der Waals surface area contributed by atoms with Gasteiger partial charge in [0.05, 0.1) is 10.0 Å². The predicted molar refractivity (Wildman–Crippen MR) is 88.9 cm³/mol. The van der Waals surface area contributed by atoms with Crippen LogP contribution in [-0.2, 0) is 6.42 Å². The molecule has 5 heteroatoms. The Morgan fingerprint density at radius 1 is 1.11 bits per heavy atom. The van der Waals surface area contributed by atoms with Gasteiger partial charge in [0, 0.05) is 15.0 Å². The second kappa shape index (κ2) is 6.59. The molecular formula is C14H11Br2Cl2N. The van der Waals surface area contributed by atoms with E-state index in [-0.39, 0.29) is 6.04 Å². The fraction of sp³-hybridized carbons (Fsp3) is 0.143. The third kappa shape index (κ3) is 3.73. The van der Waals surface area contributed by atoms with Crippen molar-refractivity contribution < 1.29 is 0 Å². The van der Waals surface area contributed by atoms with E-state index in [1.165, 1.54) is 0 Å². The van der Waals surface area contributed by atoms with E-state index in [1.54, 1.807) is 6.07 Å². The van der Waals surface area contributed by atoms with Crippen LogP contribution >= 0.6 is 55.1 Å². The minimum absolute atomic E-state index is 0.140. The lowest BCUT2D eigenvalue weighted by atomic mass is 10.00. The number of nitrogens with two attached hydrogens (primary N) is 1. The molecule has 1 atom stereocenters. The topological polar surface area (TPSA) is 26.0 Å². The van der Waals surface area contributed by atoms with Gasteiger partial charge in [-0.1, -0.05) is 73.3 Å². The fourth-order valence-corrected chi connectivity index (χ4v) is 3.59. The summed E-state index contributed by atoms with van der Waals surface area (Å²) in [7, 11) is 0. The molecule has 0 amide bonds. The summed E-state index contributed by atoms with van der Waals surface area (Å²) >= 11 is 19.1. The number of rotatable bonds is 3. The Bertz CT molecular complexity index is 602. The SMILES string of the molecule is NC(Cc1cccc(Cl)c1Cl)c1ccc(Br)cc1Br. The van der Waals surface area contributed by atoms with Crippen LogP contribution in [0.4, 0.5) is 0 Å². The van der Waals surface area contributed by atoms with Gasteiger partial charge in [0.1, 0.15) is 0 Å². The van der Waals surface area contributed by atoms with Crippen LogP contribution < -0.4 is 5.73 Å². The molecule has 0 bridgehead atoms. The van der Waals surface area contributed by atoms with E-state index in [1.807, 2.05) is 30.3 Å². The van der Waals surface area contributed by atoms with E-state index < -0.39 is 0 Å². The first-order valence-electron chi connectivity index (χ1n) is 5.62. The Balaban J connectivity index is 2.25. The van der Waals surface area contributed by atoms with E-state index in [0.717, 1.165) is 20.1 Å². The molecule has 19 heavy (non-hydrogen) atoms. The van der Waals surface area contributed by atoms with E-state index in [2.05, 4.69) is 31.9 Å². The highest BCUT2D eigenvalue weighted by Gasteiger charge is 2.13. The van der Waals surface area contributed by atoms with E-state index in [4.69, 9.17) is 28.9 Å². The molecule has 0 saturated heterocycles. The minimum Gasteiger partial charge on any atom is -0.324 e. The lowest BCUT2D eigenvalue weighted by Gasteiger charge is -2.15. The maximum absolute atomic E-state index is 6.25. The van der Waals surface area contributed by atoms with Gasteiger partial charge >= 0.3 is 0 Å². The highest BCUT2D eigenvalue weighted by Crippen LogP contribution is 2.31. The van der Waals surface area contributed by atoms with Crippen LogP contribution in [-0.4, -0.2) is 0 Å². The highest BCUT2D eigenvalue weighted by molar-refractivity contribution is 9.11. The largest absolute Gasteiger partial charge is 0.324 e. The molecule has 0 aromatic heterocycles. The van der Waals surface area contributed by atoms with E-state index in [0.29, 0.717) is 16.5 Å². The molecule has 2 rings (SSSR count). The highest BCUT2D eigenvalue weighted by atomic mass is 79.9. The van der Waals surface area contributed by atoms with Crippen molar-refractivity contribution in [2.45, 2.75) is 12.5 Å². The summed E-state index contributed by atoms with van der Waals surface area (Å²) < 4.78 is 1.99. The van der Waals surface area contributed by atoms with Crippen LogP contribution in [0.1, 0.15) is 17.2 Å². The Morgan fingerprint density at radius 2 is 1.84 bits per heavy atom. The molecule has 0 saturated carbocycles. The zero-order valence-electron chi connectivity index (χ0n) is 9.84. The number of hydrogen-bond donors (Lipinski definition) is 1. The monoisotopic (exact) mass is 421 g/mol. The number of hydrogen-bond acceptors (Lipinski definition) is 1. The number of halogens is 4. The van der Waals surface area contributed by atoms with Crippen molar-refractivity contribution in [3.8, 4) is 0 Å². The third-order valence-electron chi connectivity index (χ3n) is 2.83. The van der Waals surface area contributed by atoms with Gasteiger partial charge < -0.3 is 5.73 Å². The van der Waals surface area contributed by atoms with Crippen molar-refractivity contribution in [2.24, 2.45) is 5.73 Å². The lowest BCUT2D eigenvalue weighted by Crippen LogP contribution is -2.14. The zero-order valence-corrected chi connectivity index (χ0v) is 14.5. The smallest absolute Gasteiger partial charge is 0.0624 e. The second-order valence-corrected chi connectivity index (χ2v) is 6.74. The molecule has 0 radical (unpaired) electrons. The summed E-state index contributed by atoms with van der Waals surface area (Å²) in [5.41, 5.74) is 8.25. The van der Waals surface area contributed by atoms with Gasteiger partial charge in [0.25, 0.3) is 0 Å². The number of benzene rings is 2. The molecule has 2 aromatic carbocycles. The van der Waals surface area contributed by atoms with E-state index in [9.17, 15) is 0 Å². The van der Waals surface area contributed by atoms with Crippen molar-refractivity contribution in [1.82, 2.24) is 0 Å². The summed E-state index contributed by atoms with van der Waals surface area (Å²) in [5.74, 6) is 0. The molecule has 100 valence electrons.